The molecule has 43 heavy (non-hydrogen) atoms. The van der Waals surface area contributed by atoms with E-state index in [-0.39, 0.29) is 26.9 Å². The van der Waals surface area contributed by atoms with E-state index >= 15 is 0 Å². The third-order valence-corrected chi connectivity index (χ3v) is 10.1. The highest BCUT2D eigenvalue weighted by Crippen LogP contribution is 2.36. The number of rotatable bonds is 11. The van der Waals surface area contributed by atoms with Crippen LogP contribution in [0.1, 0.15) is 11.1 Å². The molecule has 0 aliphatic carbocycles. The van der Waals surface area contributed by atoms with Gasteiger partial charge in [0.05, 0.1) is 35.4 Å². The summed E-state index contributed by atoms with van der Waals surface area (Å²) in [6.07, 6.45) is 0. The zero-order chi connectivity index (χ0) is 31.4. The van der Waals surface area contributed by atoms with Gasteiger partial charge in [-0.2, -0.15) is 0 Å². The minimum Gasteiger partial charge on any atom is -0.497 e. The monoisotopic (exact) mass is 643 g/mol. The van der Waals surface area contributed by atoms with Crippen molar-refractivity contribution in [3.8, 4) is 11.5 Å². The molecule has 0 spiro atoms. The van der Waals surface area contributed by atoms with Gasteiger partial charge in [0, 0.05) is 16.8 Å². The number of hydrogen-bond donors (Lipinski definition) is 2. The highest BCUT2D eigenvalue weighted by Gasteiger charge is 2.30. The van der Waals surface area contributed by atoms with E-state index in [2.05, 4.69) is 10.0 Å². The predicted octanol–water partition coefficient (Wildman–Crippen LogP) is 5.61. The van der Waals surface area contributed by atoms with Gasteiger partial charge in [0.15, 0.2) is 0 Å². The van der Waals surface area contributed by atoms with Crippen LogP contribution >= 0.6 is 11.6 Å². The van der Waals surface area contributed by atoms with Crippen molar-refractivity contribution in [2.45, 2.75) is 23.6 Å². The Morgan fingerprint density at radius 1 is 0.837 bits per heavy atom. The molecule has 0 aliphatic heterocycles. The van der Waals surface area contributed by atoms with Crippen LogP contribution in [0.15, 0.2) is 94.7 Å². The van der Waals surface area contributed by atoms with Crippen molar-refractivity contribution in [3.63, 3.8) is 0 Å². The summed E-state index contributed by atoms with van der Waals surface area (Å²) in [6, 6.07) is 21.2. The maximum absolute atomic E-state index is 13.8. The number of ether oxygens (including phenoxy) is 2. The van der Waals surface area contributed by atoms with Crippen molar-refractivity contribution >= 4 is 54.6 Å². The second-order valence-electron chi connectivity index (χ2n) is 9.45. The summed E-state index contributed by atoms with van der Waals surface area (Å²) < 4.78 is 67.7. The smallest absolute Gasteiger partial charge is 0.264 e. The molecule has 4 rings (SSSR count). The zero-order valence-electron chi connectivity index (χ0n) is 23.8. The van der Waals surface area contributed by atoms with E-state index in [4.69, 9.17) is 21.1 Å². The van der Waals surface area contributed by atoms with Crippen LogP contribution in [0.2, 0.25) is 5.02 Å². The fourth-order valence-electron chi connectivity index (χ4n) is 4.10. The molecule has 0 aromatic heterocycles. The van der Waals surface area contributed by atoms with E-state index in [9.17, 15) is 21.6 Å². The molecule has 10 nitrogen and oxygen atoms in total. The molecule has 0 heterocycles. The fraction of sp³-hybridized carbons (Fsp3) is 0.167. The van der Waals surface area contributed by atoms with Gasteiger partial charge in [-0.15, -0.1) is 0 Å². The number of halogens is 1. The Morgan fingerprint density at radius 2 is 1.49 bits per heavy atom. The third-order valence-electron chi connectivity index (χ3n) is 6.51. The van der Waals surface area contributed by atoms with Crippen molar-refractivity contribution in [1.29, 1.82) is 0 Å². The van der Waals surface area contributed by atoms with Gasteiger partial charge in [0.25, 0.3) is 20.0 Å². The molecule has 1 amide bonds. The zero-order valence-corrected chi connectivity index (χ0v) is 26.2. The van der Waals surface area contributed by atoms with Crippen LogP contribution < -0.4 is 23.8 Å². The summed E-state index contributed by atoms with van der Waals surface area (Å²) in [5.74, 6) is -0.108. The molecular formula is C30H30ClN3O7S2. The fourth-order valence-corrected chi connectivity index (χ4v) is 6.82. The molecule has 226 valence electrons. The molecule has 2 N–H and O–H groups in total. The minimum absolute atomic E-state index is 0.0206. The summed E-state index contributed by atoms with van der Waals surface area (Å²) in [4.78, 5) is 13.2. The Balaban J connectivity index is 1.60. The third kappa shape index (κ3) is 7.22. The van der Waals surface area contributed by atoms with Gasteiger partial charge in [0.1, 0.15) is 18.0 Å². The van der Waals surface area contributed by atoms with Gasteiger partial charge in [-0.25, -0.2) is 16.8 Å². The van der Waals surface area contributed by atoms with Crippen molar-refractivity contribution in [3.05, 3.63) is 101 Å². The second kappa shape index (κ2) is 12.9. The van der Waals surface area contributed by atoms with Crippen LogP contribution in [0, 0.1) is 13.8 Å². The summed E-state index contributed by atoms with van der Waals surface area (Å²) >= 11 is 6.10. The minimum atomic E-state index is -4.24. The number of amides is 1. The molecular weight excluding hydrogens is 614 g/mol. The van der Waals surface area contributed by atoms with Gasteiger partial charge in [-0.05, 0) is 80.1 Å². The average molecular weight is 644 g/mol. The quantitative estimate of drug-likeness (QED) is 0.217. The lowest BCUT2D eigenvalue weighted by Gasteiger charge is -2.26. The first kappa shape index (κ1) is 31.7. The number of nitrogens with zero attached hydrogens (tertiary/aromatic N) is 1. The van der Waals surface area contributed by atoms with E-state index < -0.39 is 32.5 Å². The highest BCUT2D eigenvalue weighted by atomic mass is 35.5. The number of sulfonamides is 2. The molecule has 0 saturated heterocycles. The molecule has 0 aliphatic rings. The van der Waals surface area contributed by atoms with E-state index in [1.807, 2.05) is 6.92 Å². The first-order chi connectivity index (χ1) is 20.3. The van der Waals surface area contributed by atoms with Crippen molar-refractivity contribution in [1.82, 2.24) is 0 Å². The van der Waals surface area contributed by atoms with Crippen molar-refractivity contribution in [2.24, 2.45) is 0 Å². The number of aryl methyl sites for hydroxylation is 1. The van der Waals surface area contributed by atoms with E-state index in [1.54, 1.807) is 49.4 Å². The van der Waals surface area contributed by atoms with Crippen LogP contribution in [-0.2, 0) is 24.8 Å². The molecule has 0 unspecified atom stereocenters. The molecule has 13 heteroatoms. The lowest BCUT2D eigenvalue weighted by atomic mass is 10.2. The van der Waals surface area contributed by atoms with Crippen LogP contribution in [0.3, 0.4) is 0 Å². The topological polar surface area (TPSA) is 131 Å². The molecule has 0 fully saturated rings. The van der Waals surface area contributed by atoms with Crippen LogP contribution in [0.25, 0.3) is 0 Å². The van der Waals surface area contributed by atoms with Crippen LogP contribution in [0.4, 0.5) is 17.1 Å². The number of methoxy groups -OCH3 is 2. The molecule has 0 radical (unpaired) electrons. The maximum Gasteiger partial charge on any atom is 0.264 e. The van der Waals surface area contributed by atoms with Gasteiger partial charge in [0.2, 0.25) is 5.91 Å². The Kier molecular flexibility index (Phi) is 9.53. The normalized spacial score (nSPS) is 11.5. The first-order valence-corrected chi connectivity index (χ1v) is 16.1. The number of carbonyl (C=O) groups excluding carboxylic acids is 1. The van der Waals surface area contributed by atoms with Crippen LogP contribution in [0.5, 0.6) is 11.5 Å². The van der Waals surface area contributed by atoms with Gasteiger partial charge in [-0.1, -0.05) is 35.4 Å². The Hall–Kier alpha value is -4.26. The Bertz CT molecular complexity index is 1850. The molecule has 4 aromatic carbocycles. The number of benzene rings is 4. The number of anilines is 3. The van der Waals surface area contributed by atoms with E-state index in [0.717, 1.165) is 9.87 Å². The van der Waals surface area contributed by atoms with Crippen molar-refractivity contribution < 1.29 is 31.1 Å². The Morgan fingerprint density at radius 3 is 2.12 bits per heavy atom. The SMILES string of the molecule is COc1ccc(OC)c(N(CC(=O)Nc2ccc(S(=O)(=O)Nc3cccc(Cl)c3C)cc2)S(=O)(=O)c2ccc(C)cc2)c1. The summed E-state index contributed by atoms with van der Waals surface area (Å²) in [7, 11) is -5.37. The number of nitrogens with one attached hydrogen (secondary N) is 2. The average Bonchev–Trinajstić information content (AvgIpc) is 2.98. The second-order valence-corrected chi connectivity index (χ2v) is 13.4. The summed E-state index contributed by atoms with van der Waals surface area (Å²) in [5, 5.41) is 3.06. The Labute approximate surface area is 256 Å². The molecule has 0 bridgehead atoms. The summed E-state index contributed by atoms with van der Waals surface area (Å²) in [5.41, 5.74) is 2.14. The number of hydrogen-bond acceptors (Lipinski definition) is 7. The molecule has 4 aromatic rings. The van der Waals surface area contributed by atoms with Gasteiger partial charge >= 0.3 is 0 Å². The summed E-state index contributed by atoms with van der Waals surface area (Å²) in [6.45, 7) is 2.91. The molecule has 0 saturated carbocycles. The highest BCUT2D eigenvalue weighted by molar-refractivity contribution is 7.93. The number of carbonyl (C=O) groups is 1. The van der Waals surface area contributed by atoms with Gasteiger partial charge < -0.3 is 14.8 Å². The molecule has 0 atom stereocenters. The largest absolute Gasteiger partial charge is 0.497 e. The first-order valence-electron chi connectivity index (χ1n) is 12.8. The van der Waals surface area contributed by atoms with Crippen molar-refractivity contribution in [2.75, 3.05) is 35.1 Å². The lowest BCUT2D eigenvalue weighted by molar-refractivity contribution is -0.114. The van der Waals surface area contributed by atoms with E-state index in [1.165, 1.54) is 56.7 Å². The standard InChI is InChI=1S/C30H30ClN3O7S2/c1-20-8-13-25(14-9-20)43(38,39)34(28-18-23(40-3)12-17-29(28)41-4)19-30(35)32-22-10-15-24(16-11-22)42(36,37)33-27-7-5-6-26(31)21(27)2/h5-18,33H,19H2,1-4H3,(H,32,35). The van der Waals surface area contributed by atoms with E-state index in [0.29, 0.717) is 22.0 Å². The predicted molar refractivity (Wildman–Crippen MR) is 167 cm³/mol. The van der Waals surface area contributed by atoms with Crippen LogP contribution in [-0.4, -0.2) is 43.5 Å². The lowest BCUT2D eigenvalue weighted by Crippen LogP contribution is -2.38. The van der Waals surface area contributed by atoms with Gasteiger partial charge in [-0.3, -0.25) is 13.8 Å². The maximum atomic E-state index is 13.8.